The van der Waals surface area contributed by atoms with Crippen molar-refractivity contribution in [2.75, 3.05) is 31.2 Å². The smallest absolute Gasteiger partial charge is 0.356 e. The molecule has 2 aromatic carbocycles. The fourth-order valence-corrected chi connectivity index (χ4v) is 6.73. The van der Waals surface area contributed by atoms with Gasteiger partial charge in [0.2, 0.25) is 5.91 Å². The predicted molar refractivity (Wildman–Crippen MR) is 185 cm³/mol. The predicted octanol–water partition coefficient (Wildman–Crippen LogP) is 5.43. The lowest BCUT2D eigenvalue weighted by atomic mass is 9.92. The number of amides is 2. The van der Waals surface area contributed by atoms with Crippen LogP contribution in [0.15, 0.2) is 76.3 Å². The largest absolute Gasteiger partial charge is 0.464 e. The molecule has 14 heteroatoms. The standard InChI is InChI=1S/C35H33BrFN7O5/c1-19(2)33(46)42-14-12-21(13-15-42)28-17-25(29-31(38)39-18-40-44(28)29)20-4-8-23(9-5-20)41-32(45)26-16-27(36)30(35(48)49-3)43(34(26)47)24-10-6-22(37)7-11-24/h4-11,16-19,21H,12-15H2,1-3H3,(H,41,45)(H2,38,39,40). The molecule has 0 atom stereocenters. The van der Waals surface area contributed by atoms with E-state index < -0.39 is 23.3 Å². The molecule has 1 aliphatic heterocycles. The van der Waals surface area contributed by atoms with E-state index in [4.69, 9.17) is 10.5 Å². The van der Waals surface area contributed by atoms with Gasteiger partial charge in [-0.3, -0.25) is 19.0 Å². The highest BCUT2D eigenvalue weighted by Crippen LogP contribution is 2.37. The number of carbonyl (C=O) groups excluding carboxylic acids is 3. The van der Waals surface area contributed by atoms with Crippen molar-refractivity contribution in [2.24, 2.45) is 5.92 Å². The molecular weight excluding hydrogens is 697 g/mol. The lowest BCUT2D eigenvalue weighted by Gasteiger charge is -2.33. The number of hydrogen-bond donors (Lipinski definition) is 2. The minimum atomic E-state index is -0.824. The molecule has 0 radical (unpaired) electrons. The summed E-state index contributed by atoms with van der Waals surface area (Å²) in [5.74, 6) is -1.49. The van der Waals surface area contributed by atoms with Crippen LogP contribution < -0.4 is 16.6 Å². The third-order valence-corrected chi connectivity index (χ3v) is 9.25. The van der Waals surface area contributed by atoms with Crippen LogP contribution in [0.5, 0.6) is 0 Å². The number of benzene rings is 2. The summed E-state index contributed by atoms with van der Waals surface area (Å²) in [6.07, 6.45) is 3.00. The summed E-state index contributed by atoms with van der Waals surface area (Å²) in [4.78, 5) is 58.3. The molecule has 4 heterocycles. The fraction of sp³-hybridized carbons (Fsp3) is 0.257. The number of methoxy groups -OCH3 is 1. The number of hydrogen-bond acceptors (Lipinski definition) is 8. The van der Waals surface area contributed by atoms with E-state index >= 15 is 0 Å². The van der Waals surface area contributed by atoms with Gasteiger partial charge in [-0.05, 0) is 82.9 Å². The number of anilines is 2. The number of nitrogens with one attached hydrogen (secondary N) is 1. The Bertz CT molecular complexity index is 2140. The second-order valence-corrected chi connectivity index (χ2v) is 12.9. The van der Waals surface area contributed by atoms with Crippen molar-refractivity contribution in [3.8, 4) is 16.8 Å². The van der Waals surface area contributed by atoms with Gasteiger partial charge in [-0.2, -0.15) is 5.10 Å². The molecule has 3 N–H and O–H groups in total. The first-order chi connectivity index (χ1) is 23.5. The molecule has 0 unspecified atom stereocenters. The van der Waals surface area contributed by atoms with E-state index in [-0.39, 0.29) is 39.2 Å². The van der Waals surface area contributed by atoms with Crippen molar-refractivity contribution in [1.29, 1.82) is 0 Å². The van der Waals surface area contributed by atoms with Crippen LogP contribution in [-0.4, -0.2) is 62.0 Å². The zero-order chi connectivity index (χ0) is 35.0. The first-order valence-electron chi connectivity index (χ1n) is 15.6. The Balaban J connectivity index is 1.28. The summed E-state index contributed by atoms with van der Waals surface area (Å²) in [7, 11) is 1.16. The number of piperidine rings is 1. The van der Waals surface area contributed by atoms with E-state index in [0.717, 1.165) is 53.5 Å². The number of nitrogens with two attached hydrogens (primary N) is 1. The van der Waals surface area contributed by atoms with Crippen molar-refractivity contribution < 1.29 is 23.5 Å². The molecule has 1 aliphatic rings. The third kappa shape index (κ3) is 6.43. The molecule has 252 valence electrons. The highest BCUT2D eigenvalue weighted by molar-refractivity contribution is 9.10. The summed E-state index contributed by atoms with van der Waals surface area (Å²) >= 11 is 3.29. The fourth-order valence-electron chi connectivity index (χ4n) is 6.17. The van der Waals surface area contributed by atoms with E-state index in [2.05, 4.69) is 37.4 Å². The molecule has 0 bridgehead atoms. The summed E-state index contributed by atoms with van der Waals surface area (Å²) < 4.78 is 21.5. The van der Waals surface area contributed by atoms with Gasteiger partial charge in [-0.1, -0.05) is 26.0 Å². The van der Waals surface area contributed by atoms with E-state index in [1.54, 1.807) is 12.1 Å². The second kappa shape index (κ2) is 13.6. The zero-order valence-electron chi connectivity index (χ0n) is 26.9. The minimum Gasteiger partial charge on any atom is -0.464 e. The zero-order valence-corrected chi connectivity index (χ0v) is 28.5. The first kappa shape index (κ1) is 33.5. The lowest BCUT2D eigenvalue weighted by molar-refractivity contribution is -0.135. The van der Waals surface area contributed by atoms with Crippen LogP contribution in [0.25, 0.3) is 22.3 Å². The van der Waals surface area contributed by atoms with Crippen molar-refractivity contribution in [2.45, 2.75) is 32.6 Å². The number of fused-ring (bicyclic) bond motifs is 1. The van der Waals surface area contributed by atoms with Gasteiger partial charge >= 0.3 is 5.97 Å². The maximum absolute atomic E-state index is 13.7. The van der Waals surface area contributed by atoms with Crippen molar-refractivity contribution in [3.63, 3.8) is 0 Å². The molecule has 0 spiro atoms. The van der Waals surface area contributed by atoms with Crippen LogP contribution in [0.3, 0.4) is 0 Å². The highest BCUT2D eigenvalue weighted by Gasteiger charge is 2.29. The van der Waals surface area contributed by atoms with Gasteiger partial charge in [0.25, 0.3) is 11.5 Å². The average Bonchev–Trinajstić information content (AvgIpc) is 3.50. The Morgan fingerprint density at radius 1 is 1.04 bits per heavy atom. The van der Waals surface area contributed by atoms with Gasteiger partial charge in [0.15, 0.2) is 5.82 Å². The minimum absolute atomic E-state index is 0.0493. The van der Waals surface area contributed by atoms with E-state index in [0.29, 0.717) is 30.1 Å². The van der Waals surface area contributed by atoms with Gasteiger partial charge in [0.1, 0.15) is 28.9 Å². The van der Waals surface area contributed by atoms with E-state index in [1.807, 2.05) is 35.4 Å². The molecule has 0 aliphatic carbocycles. The molecule has 3 aromatic heterocycles. The molecule has 49 heavy (non-hydrogen) atoms. The number of rotatable bonds is 7. The van der Waals surface area contributed by atoms with Gasteiger partial charge in [0, 0.05) is 47.6 Å². The number of nitrogens with zero attached hydrogens (tertiary/aromatic N) is 5. The quantitative estimate of drug-likeness (QED) is 0.210. The maximum Gasteiger partial charge on any atom is 0.356 e. The lowest BCUT2D eigenvalue weighted by Crippen LogP contribution is -2.40. The van der Waals surface area contributed by atoms with Crippen LogP contribution in [-0.2, 0) is 9.53 Å². The number of halogens is 2. The summed E-state index contributed by atoms with van der Waals surface area (Å²) in [5.41, 5.74) is 8.97. The summed E-state index contributed by atoms with van der Waals surface area (Å²) in [5, 5.41) is 7.26. The Morgan fingerprint density at radius 2 is 1.71 bits per heavy atom. The number of nitrogen functional groups attached to an aromatic ring is 1. The molecule has 1 saturated heterocycles. The number of pyridine rings is 1. The molecule has 2 amide bonds. The molecule has 5 aromatic rings. The molecular formula is C35H33BrFN7O5. The third-order valence-electron chi connectivity index (χ3n) is 8.65. The van der Waals surface area contributed by atoms with Gasteiger partial charge in [-0.25, -0.2) is 18.7 Å². The Hall–Kier alpha value is -5.37. The van der Waals surface area contributed by atoms with Crippen LogP contribution in [0.4, 0.5) is 15.9 Å². The summed E-state index contributed by atoms with van der Waals surface area (Å²) in [6.45, 7) is 5.14. The van der Waals surface area contributed by atoms with Gasteiger partial charge in [-0.15, -0.1) is 0 Å². The molecule has 1 fully saturated rings. The van der Waals surface area contributed by atoms with Crippen LogP contribution in [0.1, 0.15) is 59.1 Å². The topological polar surface area (TPSA) is 154 Å². The first-order valence-corrected chi connectivity index (χ1v) is 16.4. The van der Waals surface area contributed by atoms with Crippen molar-refractivity contribution >= 4 is 50.7 Å². The molecule has 12 nitrogen and oxygen atoms in total. The maximum atomic E-state index is 13.7. The number of aromatic nitrogens is 4. The van der Waals surface area contributed by atoms with Crippen LogP contribution >= 0.6 is 15.9 Å². The van der Waals surface area contributed by atoms with E-state index in [1.165, 1.54) is 24.5 Å². The van der Waals surface area contributed by atoms with Gasteiger partial charge in [0.05, 0.1) is 11.6 Å². The second-order valence-electron chi connectivity index (χ2n) is 12.0. The van der Waals surface area contributed by atoms with E-state index in [9.17, 15) is 23.6 Å². The Morgan fingerprint density at radius 3 is 2.35 bits per heavy atom. The molecule has 6 rings (SSSR count). The Kier molecular flexibility index (Phi) is 9.32. The van der Waals surface area contributed by atoms with Gasteiger partial charge < -0.3 is 20.7 Å². The number of likely N-dealkylation sites (tertiary alicyclic amines) is 1. The summed E-state index contributed by atoms with van der Waals surface area (Å²) in [6, 6.07) is 15.3. The number of ether oxygens (including phenoxy) is 1. The highest BCUT2D eigenvalue weighted by atomic mass is 79.9. The SMILES string of the molecule is COC(=O)c1c(Br)cc(C(=O)Nc2ccc(-c3cc(C4CCN(C(=O)C(C)C)CC4)n4ncnc(N)c34)cc2)c(=O)n1-c1ccc(F)cc1. The van der Waals surface area contributed by atoms with Crippen molar-refractivity contribution in [3.05, 3.63) is 105 Å². The average molecular weight is 731 g/mol. The van der Waals surface area contributed by atoms with Crippen molar-refractivity contribution in [1.82, 2.24) is 24.1 Å². The Labute approximate surface area is 288 Å². The molecule has 0 saturated carbocycles. The van der Waals surface area contributed by atoms with Crippen LogP contribution in [0.2, 0.25) is 0 Å². The number of carbonyl (C=O) groups is 3. The number of esters is 1. The monoisotopic (exact) mass is 729 g/mol. The normalized spacial score (nSPS) is 13.6. The van der Waals surface area contributed by atoms with Crippen LogP contribution in [0, 0.1) is 11.7 Å².